The molecule has 0 aromatic carbocycles. The zero-order valence-electron chi connectivity index (χ0n) is 10.7. The molecule has 0 unspecified atom stereocenters. The minimum absolute atomic E-state index is 0.0223. The number of urea groups is 1. The summed E-state index contributed by atoms with van der Waals surface area (Å²) in [5.74, 6) is -0.841. The van der Waals surface area contributed by atoms with Crippen molar-refractivity contribution in [1.29, 1.82) is 0 Å². The van der Waals surface area contributed by atoms with Gasteiger partial charge in [-0.3, -0.25) is 9.69 Å². The van der Waals surface area contributed by atoms with E-state index in [-0.39, 0.29) is 19.2 Å². The van der Waals surface area contributed by atoms with Crippen LogP contribution in [0.5, 0.6) is 0 Å². The van der Waals surface area contributed by atoms with E-state index < -0.39 is 5.97 Å². The Morgan fingerprint density at radius 3 is 2.56 bits per heavy atom. The third kappa shape index (κ3) is 4.50. The zero-order chi connectivity index (χ0) is 13.5. The molecule has 2 N–H and O–H groups in total. The number of aliphatic hydroxyl groups is 1. The van der Waals surface area contributed by atoms with E-state index in [1.54, 1.807) is 11.9 Å². The topological polar surface area (TPSA) is 84.3 Å². The van der Waals surface area contributed by atoms with E-state index in [1.165, 1.54) is 4.90 Å². The van der Waals surface area contributed by atoms with Crippen LogP contribution in [-0.4, -0.2) is 89.8 Å². The summed E-state index contributed by atoms with van der Waals surface area (Å²) in [6, 6.07) is -0.110. The average Bonchev–Trinajstić information content (AvgIpc) is 2.53. The molecule has 0 aromatic rings. The highest BCUT2D eigenvalue weighted by molar-refractivity contribution is 5.74. The number of nitrogens with zero attached hydrogens (tertiary/aromatic N) is 3. The summed E-state index contributed by atoms with van der Waals surface area (Å²) in [5.41, 5.74) is 0. The molecule has 1 aliphatic rings. The molecule has 18 heavy (non-hydrogen) atoms. The molecule has 1 heterocycles. The number of carbonyl (C=O) groups is 2. The van der Waals surface area contributed by atoms with Gasteiger partial charge in [0.25, 0.3) is 0 Å². The summed E-state index contributed by atoms with van der Waals surface area (Å²) >= 11 is 0. The second-order valence-corrected chi connectivity index (χ2v) is 4.44. The highest BCUT2D eigenvalue weighted by Crippen LogP contribution is 2.05. The normalized spacial score (nSPS) is 17.3. The van der Waals surface area contributed by atoms with Crippen LogP contribution in [0.4, 0.5) is 4.79 Å². The number of amides is 2. The molecule has 1 aliphatic heterocycles. The van der Waals surface area contributed by atoms with Crippen LogP contribution in [0.2, 0.25) is 0 Å². The molecular formula is C11H21N3O4. The lowest BCUT2D eigenvalue weighted by atomic mass is 10.4. The lowest BCUT2D eigenvalue weighted by molar-refractivity contribution is -0.138. The Kier molecular flexibility index (Phi) is 5.87. The number of rotatable bonds is 4. The maximum absolute atomic E-state index is 12.0. The van der Waals surface area contributed by atoms with Crippen LogP contribution in [0.1, 0.15) is 6.42 Å². The fourth-order valence-corrected chi connectivity index (χ4v) is 2.00. The summed E-state index contributed by atoms with van der Waals surface area (Å²) in [6.45, 7) is 2.71. The number of hydrogen-bond acceptors (Lipinski definition) is 4. The zero-order valence-corrected chi connectivity index (χ0v) is 10.7. The van der Waals surface area contributed by atoms with Gasteiger partial charge in [0, 0.05) is 39.8 Å². The number of hydrogen-bond donors (Lipinski definition) is 2. The van der Waals surface area contributed by atoms with Crippen LogP contribution in [-0.2, 0) is 4.79 Å². The Morgan fingerprint density at radius 1 is 1.22 bits per heavy atom. The largest absolute Gasteiger partial charge is 0.480 e. The van der Waals surface area contributed by atoms with Crippen molar-refractivity contribution in [2.75, 3.05) is 52.9 Å². The third-order valence-corrected chi connectivity index (χ3v) is 2.98. The van der Waals surface area contributed by atoms with Crippen LogP contribution in [0.3, 0.4) is 0 Å². The van der Waals surface area contributed by atoms with Gasteiger partial charge in [-0.2, -0.15) is 0 Å². The first-order valence-corrected chi connectivity index (χ1v) is 6.09. The predicted octanol–water partition coefficient (Wildman–Crippen LogP) is -0.877. The van der Waals surface area contributed by atoms with Crippen LogP contribution in [0.25, 0.3) is 0 Å². The van der Waals surface area contributed by atoms with E-state index >= 15 is 0 Å². The number of carboxylic acid groups (broad SMARTS) is 1. The number of carboxylic acids is 1. The average molecular weight is 259 g/mol. The summed E-state index contributed by atoms with van der Waals surface area (Å²) in [6.07, 6.45) is 0.770. The first-order valence-electron chi connectivity index (χ1n) is 6.09. The van der Waals surface area contributed by atoms with Gasteiger partial charge in [-0.05, 0) is 6.42 Å². The van der Waals surface area contributed by atoms with Crippen molar-refractivity contribution in [2.45, 2.75) is 6.42 Å². The van der Waals surface area contributed by atoms with Crippen molar-refractivity contribution >= 4 is 12.0 Å². The van der Waals surface area contributed by atoms with E-state index in [0.717, 1.165) is 6.42 Å². The predicted molar refractivity (Wildman–Crippen MR) is 65.4 cm³/mol. The van der Waals surface area contributed by atoms with Crippen molar-refractivity contribution in [1.82, 2.24) is 14.7 Å². The van der Waals surface area contributed by atoms with Crippen LogP contribution in [0.15, 0.2) is 0 Å². The maximum Gasteiger partial charge on any atom is 0.319 e. The van der Waals surface area contributed by atoms with Crippen molar-refractivity contribution < 1.29 is 19.8 Å². The van der Waals surface area contributed by atoms with Crippen LogP contribution < -0.4 is 0 Å². The molecule has 0 atom stereocenters. The van der Waals surface area contributed by atoms with Gasteiger partial charge in [-0.25, -0.2) is 4.79 Å². The van der Waals surface area contributed by atoms with E-state index in [9.17, 15) is 9.59 Å². The third-order valence-electron chi connectivity index (χ3n) is 2.98. The SMILES string of the molecule is CN(CCO)C(=O)N1CCCN(CC(=O)O)CC1. The van der Waals surface area contributed by atoms with Gasteiger partial charge in [-0.15, -0.1) is 0 Å². The molecule has 0 aliphatic carbocycles. The minimum Gasteiger partial charge on any atom is -0.480 e. The fraction of sp³-hybridized carbons (Fsp3) is 0.818. The minimum atomic E-state index is -0.841. The van der Waals surface area contributed by atoms with Crippen molar-refractivity contribution in [3.63, 3.8) is 0 Å². The van der Waals surface area contributed by atoms with Crippen LogP contribution in [0, 0.1) is 0 Å². The monoisotopic (exact) mass is 259 g/mol. The second-order valence-electron chi connectivity index (χ2n) is 4.44. The molecular weight excluding hydrogens is 238 g/mol. The van der Waals surface area contributed by atoms with Crippen molar-refractivity contribution in [3.8, 4) is 0 Å². The van der Waals surface area contributed by atoms with Gasteiger partial charge < -0.3 is 20.0 Å². The summed E-state index contributed by atoms with van der Waals surface area (Å²) in [5, 5.41) is 17.5. The van der Waals surface area contributed by atoms with Crippen LogP contribution >= 0.6 is 0 Å². The maximum atomic E-state index is 12.0. The Bertz CT molecular complexity index is 298. The Morgan fingerprint density at radius 2 is 1.94 bits per heavy atom. The van der Waals surface area contributed by atoms with Crippen molar-refractivity contribution in [2.24, 2.45) is 0 Å². The highest BCUT2D eigenvalue weighted by Gasteiger charge is 2.22. The number of aliphatic hydroxyl groups excluding tert-OH is 1. The molecule has 0 bridgehead atoms. The molecule has 1 fully saturated rings. The van der Waals surface area contributed by atoms with E-state index in [1.807, 2.05) is 4.90 Å². The number of aliphatic carboxylic acids is 1. The molecule has 1 saturated heterocycles. The molecule has 104 valence electrons. The standard InChI is InChI=1S/C11H21N3O4/c1-12(7-8-15)11(18)14-4-2-3-13(5-6-14)9-10(16)17/h15H,2-9H2,1H3,(H,16,17). The van der Waals surface area contributed by atoms with E-state index in [2.05, 4.69) is 0 Å². The second kappa shape index (κ2) is 7.17. The van der Waals surface area contributed by atoms with Gasteiger partial charge in [-0.1, -0.05) is 0 Å². The first kappa shape index (κ1) is 14.7. The molecule has 0 radical (unpaired) electrons. The molecule has 0 saturated carbocycles. The molecule has 7 nitrogen and oxygen atoms in total. The quantitative estimate of drug-likeness (QED) is 0.685. The summed E-state index contributed by atoms with van der Waals surface area (Å²) in [4.78, 5) is 27.6. The molecule has 2 amide bonds. The number of carbonyl (C=O) groups excluding carboxylic acids is 1. The molecule has 1 rings (SSSR count). The first-order chi connectivity index (χ1) is 8.54. The molecule has 0 aromatic heterocycles. The highest BCUT2D eigenvalue weighted by atomic mass is 16.4. The van der Waals surface area contributed by atoms with Gasteiger partial charge in [0.2, 0.25) is 0 Å². The van der Waals surface area contributed by atoms with Gasteiger partial charge >= 0.3 is 12.0 Å². The Balaban J connectivity index is 2.46. The van der Waals surface area contributed by atoms with Gasteiger partial charge in [0.15, 0.2) is 0 Å². The summed E-state index contributed by atoms with van der Waals surface area (Å²) in [7, 11) is 1.65. The van der Waals surface area contributed by atoms with Gasteiger partial charge in [0.05, 0.1) is 13.2 Å². The van der Waals surface area contributed by atoms with Crippen molar-refractivity contribution in [3.05, 3.63) is 0 Å². The molecule has 7 heteroatoms. The molecule has 0 spiro atoms. The smallest absolute Gasteiger partial charge is 0.319 e. The van der Waals surface area contributed by atoms with E-state index in [0.29, 0.717) is 32.7 Å². The van der Waals surface area contributed by atoms with Gasteiger partial charge in [0.1, 0.15) is 0 Å². The lowest BCUT2D eigenvalue weighted by Crippen LogP contribution is -2.44. The Labute approximate surface area is 107 Å². The lowest BCUT2D eigenvalue weighted by Gasteiger charge is -2.26. The van der Waals surface area contributed by atoms with E-state index in [4.69, 9.17) is 10.2 Å². The fourth-order valence-electron chi connectivity index (χ4n) is 2.00. The summed E-state index contributed by atoms with van der Waals surface area (Å²) < 4.78 is 0. The number of likely N-dealkylation sites (N-methyl/N-ethyl adjacent to an activating group) is 1. The Hall–Kier alpha value is -1.34.